The third kappa shape index (κ3) is 4.89. The molecule has 0 spiro atoms. The first-order valence-corrected chi connectivity index (χ1v) is 10.6. The van der Waals surface area contributed by atoms with Crippen LogP contribution in [0.3, 0.4) is 0 Å². The molecule has 0 fully saturated rings. The summed E-state index contributed by atoms with van der Waals surface area (Å²) < 4.78 is 12.1. The van der Waals surface area contributed by atoms with E-state index >= 15 is 0 Å². The molecular weight excluding hydrogens is 440 g/mol. The number of hydrogen-bond acceptors (Lipinski definition) is 5. The number of carbonyl (C=O) groups excluding carboxylic acids is 1. The first-order valence-electron chi connectivity index (χ1n) is 9.08. The van der Waals surface area contributed by atoms with Crippen molar-refractivity contribution in [1.82, 2.24) is 0 Å². The van der Waals surface area contributed by atoms with Crippen molar-refractivity contribution in [2.24, 2.45) is 5.16 Å². The maximum Gasteiger partial charge on any atom is 0.234 e. The SMILES string of the molecule is Cc1cc(SON=CCCCOc2ccc3c(c2)C(C)(C)C(=O)N3)ccc1Br. The second-order valence-corrected chi connectivity index (χ2v) is 8.78. The summed E-state index contributed by atoms with van der Waals surface area (Å²) in [5, 5.41) is 6.86. The molecule has 148 valence electrons. The summed E-state index contributed by atoms with van der Waals surface area (Å²) in [6.07, 6.45) is 3.33. The maximum absolute atomic E-state index is 12.0. The van der Waals surface area contributed by atoms with Gasteiger partial charge >= 0.3 is 0 Å². The van der Waals surface area contributed by atoms with E-state index in [0.29, 0.717) is 6.61 Å². The quantitative estimate of drug-likeness (QED) is 0.231. The zero-order valence-corrected chi connectivity index (χ0v) is 18.5. The Morgan fingerprint density at radius 1 is 1.25 bits per heavy atom. The molecule has 2 aromatic rings. The minimum absolute atomic E-state index is 0.0204. The number of nitrogens with one attached hydrogen (secondary N) is 1. The van der Waals surface area contributed by atoms with E-state index in [9.17, 15) is 4.79 Å². The van der Waals surface area contributed by atoms with Gasteiger partial charge in [0.05, 0.1) is 16.9 Å². The summed E-state index contributed by atoms with van der Waals surface area (Å²) in [6, 6.07) is 11.7. The Kier molecular flexibility index (Phi) is 6.67. The highest BCUT2D eigenvalue weighted by atomic mass is 79.9. The molecule has 5 nitrogen and oxygen atoms in total. The summed E-state index contributed by atoms with van der Waals surface area (Å²) in [4.78, 5) is 13.0. The predicted octanol–water partition coefficient (Wildman–Crippen LogP) is 5.86. The lowest BCUT2D eigenvalue weighted by atomic mass is 9.86. The summed E-state index contributed by atoms with van der Waals surface area (Å²) in [6.45, 7) is 6.45. The molecule has 0 radical (unpaired) electrons. The molecule has 2 aromatic carbocycles. The number of unbranched alkanes of at least 4 members (excludes halogenated alkanes) is 1. The number of oxime groups is 1. The van der Waals surface area contributed by atoms with Gasteiger partial charge in [-0.1, -0.05) is 21.1 Å². The highest BCUT2D eigenvalue weighted by Crippen LogP contribution is 2.39. The number of nitrogens with zero attached hydrogens (tertiary/aromatic N) is 1. The van der Waals surface area contributed by atoms with E-state index in [2.05, 4.69) is 26.4 Å². The van der Waals surface area contributed by atoms with Gasteiger partial charge in [-0.25, -0.2) is 0 Å². The first kappa shape index (κ1) is 20.7. The van der Waals surface area contributed by atoms with Crippen LogP contribution in [0.1, 0.15) is 37.8 Å². The van der Waals surface area contributed by atoms with Crippen LogP contribution in [0, 0.1) is 6.92 Å². The topological polar surface area (TPSA) is 59.9 Å². The number of rotatable bonds is 8. The van der Waals surface area contributed by atoms with Gasteiger partial charge in [0.25, 0.3) is 0 Å². The molecule has 0 aliphatic carbocycles. The highest BCUT2D eigenvalue weighted by molar-refractivity contribution is 9.10. The molecule has 0 unspecified atom stereocenters. The van der Waals surface area contributed by atoms with Crippen molar-refractivity contribution in [2.75, 3.05) is 11.9 Å². The molecule has 1 aliphatic heterocycles. The second kappa shape index (κ2) is 9.01. The van der Waals surface area contributed by atoms with Crippen molar-refractivity contribution in [3.05, 3.63) is 52.0 Å². The average molecular weight is 463 g/mol. The Labute approximate surface area is 178 Å². The van der Waals surface area contributed by atoms with Crippen LogP contribution in [0.4, 0.5) is 5.69 Å². The van der Waals surface area contributed by atoms with E-state index in [1.54, 1.807) is 6.21 Å². The lowest BCUT2D eigenvalue weighted by Gasteiger charge is -2.16. The molecule has 1 amide bonds. The normalized spacial score (nSPS) is 14.8. The van der Waals surface area contributed by atoms with Gasteiger partial charge in [0.15, 0.2) is 0 Å². The molecule has 1 aliphatic rings. The number of halogens is 1. The van der Waals surface area contributed by atoms with Crippen molar-refractivity contribution >= 4 is 45.8 Å². The fraction of sp³-hybridized carbons (Fsp3) is 0.333. The van der Waals surface area contributed by atoms with Gasteiger partial charge in [-0.3, -0.25) is 4.79 Å². The van der Waals surface area contributed by atoms with Crippen LogP contribution < -0.4 is 10.1 Å². The van der Waals surface area contributed by atoms with Crippen LogP contribution in [-0.2, 0) is 14.5 Å². The molecule has 1 N–H and O–H groups in total. The van der Waals surface area contributed by atoms with E-state index in [1.807, 2.05) is 57.2 Å². The van der Waals surface area contributed by atoms with E-state index in [-0.39, 0.29) is 5.91 Å². The van der Waals surface area contributed by atoms with Gasteiger partial charge in [-0.2, -0.15) is 0 Å². The van der Waals surface area contributed by atoms with Crippen molar-refractivity contribution in [3.63, 3.8) is 0 Å². The molecule has 1 heterocycles. The first-order chi connectivity index (χ1) is 13.4. The van der Waals surface area contributed by atoms with Crippen LogP contribution in [0.15, 0.2) is 50.9 Å². The van der Waals surface area contributed by atoms with Crippen molar-refractivity contribution in [2.45, 2.75) is 43.9 Å². The number of fused-ring (bicyclic) bond motifs is 1. The number of hydrogen-bond donors (Lipinski definition) is 1. The monoisotopic (exact) mass is 462 g/mol. The predicted molar refractivity (Wildman–Crippen MR) is 117 cm³/mol. The lowest BCUT2D eigenvalue weighted by molar-refractivity contribution is -0.119. The Bertz CT molecular complexity index is 899. The van der Waals surface area contributed by atoms with Crippen LogP contribution in [0.2, 0.25) is 0 Å². The third-order valence-corrected chi connectivity index (χ3v) is 6.10. The van der Waals surface area contributed by atoms with Gasteiger partial charge in [0.1, 0.15) is 17.8 Å². The van der Waals surface area contributed by atoms with Crippen LogP contribution in [-0.4, -0.2) is 18.7 Å². The lowest BCUT2D eigenvalue weighted by Crippen LogP contribution is -2.26. The van der Waals surface area contributed by atoms with Gasteiger partial charge < -0.3 is 14.3 Å². The Morgan fingerprint density at radius 2 is 2.07 bits per heavy atom. The molecule has 0 saturated carbocycles. The number of aryl methyl sites for hydroxylation is 1. The maximum atomic E-state index is 12.0. The molecule has 0 atom stereocenters. The summed E-state index contributed by atoms with van der Waals surface area (Å²) in [7, 11) is 0. The molecule has 0 saturated heterocycles. The Balaban J connectivity index is 1.37. The van der Waals surface area contributed by atoms with Crippen LogP contribution in [0.5, 0.6) is 5.75 Å². The van der Waals surface area contributed by atoms with Gasteiger partial charge in [-0.05, 0) is 81.1 Å². The van der Waals surface area contributed by atoms with Gasteiger partial charge in [0.2, 0.25) is 5.91 Å². The van der Waals surface area contributed by atoms with Crippen LogP contribution in [0.25, 0.3) is 0 Å². The second-order valence-electron chi connectivity index (χ2n) is 7.13. The number of benzene rings is 2. The standard InChI is InChI=1S/C21H23BrN2O3S/c1-14-12-16(7-8-18(14)22)28-27-23-10-4-5-11-26-15-6-9-19-17(13-15)21(2,3)20(25)24-19/h6-10,12-13H,4-5,11H2,1-3H3,(H,24,25). The number of carbonyl (C=O) groups is 1. The number of anilines is 1. The van der Waals surface area contributed by atoms with E-state index in [0.717, 1.165) is 44.8 Å². The minimum atomic E-state index is -0.524. The summed E-state index contributed by atoms with van der Waals surface area (Å²) in [5.41, 5.74) is 2.48. The molecule has 0 aromatic heterocycles. The highest BCUT2D eigenvalue weighted by Gasteiger charge is 2.38. The van der Waals surface area contributed by atoms with E-state index < -0.39 is 5.41 Å². The smallest absolute Gasteiger partial charge is 0.234 e. The van der Waals surface area contributed by atoms with E-state index in [1.165, 1.54) is 12.0 Å². The van der Waals surface area contributed by atoms with E-state index in [4.69, 9.17) is 9.02 Å². The minimum Gasteiger partial charge on any atom is -0.494 e. The molecule has 7 heteroatoms. The van der Waals surface area contributed by atoms with Crippen molar-refractivity contribution < 1.29 is 13.8 Å². The Hall–Kier alpha value is -1.99. The van der Waals surface area contributed by atoms with Gasteiger partial charge in [-0.15, -0.1) is 0 Å². The largest absolute Gasteiger partial charge is 0.494 e. The summed E-state index contributed by atoms with van der Waals surface area (Å²) in [5.74, 6) is 0.796. The molecular formula is C21H23BrN2O3S. The zero-order valence-electron chi connectivity index (χ0n) is 16.1. The third-order valence-electron chi connectivity index (χ3n) is 4.61. The molecule has 28 heavy (non-hydrogen) atoms. The molecule has 3 rings (SSSR count). The van der Waals surface area contributed by atoms with Gasteiger partial charge in [0, 0.05) is 16.4 Å². The fourth-order valence-corrected chi connectivity index (χ4v) is 3.61. The van der Waals surface area contributed by atoms with Crippen molar-refractivity contribution in [3.8, 4) is 5.75 Å². The number of amides is 1. The zero-order chi connectivity index (χ0) is 20.1. The van der Waals surface area contributed by atoms with Crippen LogP contribution >= 0.6 is 28.0 Å². The molecule has 0 bridgehead atoms. The van der Waals surface area contributed by atoms with Crippen molar-refractivity contribution in [1.29, 1.82) is 0 Å². The number of ether oxygens (including phenoxy) is 1. The summed E-state index contributed by atoms with van der Waals surface area (Å²) >= 11 is 4.71. The fourth-order valence-electron chi connectivity index (χ4n) is 2.82. The Morgan fingerprint density at radius 3 is 2.86 bits per heavy atom. The average Bonchev–Trinajstić information content (AvgIpc) is 2.89.